The van der Waals surface area contributed by atoms with Crippen molar-refractivity contribution in [1.82, 2.24) is 0 Å². The van der Waals surface area contributed by atoms with Gasteiger partial charge in [0.15, 0.2) is 6.20 Å². The fraction of sp³-hybridized carbons (Fsp3) is 0.250. The van der Waals surface area contributed by atoms with Crippen LogP contribution in [0.2, 0.25) is 0 Å². The minimum atomic E-state index is -0.413. The molecule has 0 spiro atoms. The number of pyridine rings is 1. The van der Waals surface area contributed by atoms with E-state index < -0.39 is 5.54 Å². The second-order valence-electron chi connectivity index (χ2n) is 10.7. The monoisotopic (exact) mass is 457 g/mol. The van der Waals surface area contributed by atoms with Crippen molar-refractivity contribution < 1.29 is 9.30 Å². The second kappa shape index (κ2) is 7.30. The van der Waals surface area contributed by atoms with Crippen molar-refractivity contribution in [3.8, 4) is 22.8 Å². The zero-order chi connectivity index (χ0) is 24.6. The summed E-state index contributed by atoms with van der Waals surface area (Å²) in [6, 6.07) is 17.7. The van der Waals surface area contributed by atoms with Gasteiger partial charge in [0.1, 0.15) is 18.5 Å². The zero-order valence-corrected chi connectivity index (χ0v) is 21.2. The van der Waals surface area contributed by atoms with Gasteiger partial charge in [0.2, 0.25) is 11.2 Å². The van der Waals surface area contributed by atoms with E-state index >= 15 is 0 Å². The number of hydrogen-bond acceptors (Lipinski definition) is 1. The number of aromatic nitrogens is 1. The standard InChI is InChI=1S/C32H29N2O/c1-18-8-10-23-20(3)31-28(19(2)26(23)14-18)30-29-25(12-13-34(30)7)24-11-9-21(17-32(4,5)33-6)15-22(24)16-27(29)35-31/h8-16H,17H2,1-5,7H3/q+1. The molecule has 3 heteroatoms. The van der Waals surface area contributed by atoms with Crippen LogP contribution in [-0.4, -0.2) is 5.54 Å². The molecule has 1 aliphatic rings. The Balaban J connectivity index is 1.69. The number of hydrogen-bond donors (Lipinski definition) is 0. The third kappa shape index (κ3) is 3.13. The summed E-state index contributed by atoms with van der Waals surface area (Å²) in [4.78, 5) is 3.81. The SMILES string of the molecule is [C-]#[N+]C(C)(C)Cc1ccc2c(c1)cc1c3c([n+](C)ccc32)-c2c(c(C)c3ccc(C)cc3c2C)O1. The van der Waals surface area contributed by atoms with Gasteiger partial charge >= 0.3 is 0 Å². The number of benzene rings is 4. The molecule has 6 rings (SSSR count). The number of aryl methyl sites for hydroxylation is 4. The molecule has 0 bridgehead atoms. The Kier molecular flexibility index (Phi) is 4.51. The van der Waals surface area contributed by atoms with Crippen LogP contribution in [0.3, 0.4) is 0 Å². The first-order valence-corrected chi connectivity index (χ1v) is 12.2. The molecule has 0 saturated carbocycles. The molecule has 0 atom stereocenters. The van der Waals surface area contributed by atoms with Gasteiger partial charge in [-0.1, -0.05) is 42.0 Å². The van der Waals surface area contributed by atoms with Gasteiger partial charge in [0.05, 0.1) is 17.4 Å². The van der Waals surface area contributed by atoms with Crippen molar-refractivity contribution in [2.24, 2.45) is 7.05 Å². The second-order valence-corrected chi connectivity index (χ2v) is 10.7. The topological polar surface area (TPSA) is 17.5 Å². The summed E-state index contributed by atoms with van der Waals surface area (Å²) in [7, 11) is 2.13. The van der Waals surface area contributed by atoms with Crippen LogP contribution in [0.4, 0.5) is 0 Å². The number of fused-ring (bicyclic) bond motifs is 5. The highest BCUT2D eigenvalue weighted by Gasteiger charge is 2.32. The summed E-state index contributed by atoms with van der Waals surface area (Å²) in [6.45, 7) is 18.1. The lowest BCUT2D eigenvalue weighted by Crippen LogP contribution is -2.32. The smallest absolute Gasteiger partial charge is 0.231 e. The Hall–Kier alpha value is -3.90. The summed E-state index contributed by atoms with van der Waals surface area (Å²) >= 11 is 0. The van der Waals surface area contributed by atoms with Crippen LogP contribution < -0.4 is 9.30 Å². The van der Waals surface area contributed by atoms with Crippen LogP contribution in [0.1, 0.15) is 36.1 Å². The van der Waals surface area contributed by atoms with Crippen molar-refractivity contribution in [1.29, 1.82) is 0 Å². The van der Waals surface area contributed by atoms with Gasteiger partial charge in [-0.25, -0.2) is 11.1 Å². The van der Waals surface area contributed by atoms with E-state index in [1.54, 1.807) is 0 Å². The number of nitrogens with zero attached hydrogens (tertiary/aromatic N) is 2. The molecule has 35 heavy (non-hydrogen) atoms. The third-order valence-corrected chi connectivity index (χ3v) is 7.58. The van der Waals surface area contributed by atoms with Crippen LogP contribution in [0.25, 0.3) is 48.4 Å². The highest BCUT2D eigenvalue weighted by atomic mass is 16.5. The molecule has 1 aromatic heterocycles. The van der Waals surface area contributed by atoms with E-state index in [4.69, 9.17) is 11.3 Å². The molecular formula is C32H29N2O+. The minimum Gasteiger partial charge on any atom is -0.455 e. The van der Waals surface area contributed by atoms with Gasteiger partial charge < -0.3 is 9.58 Å². The van der Waals surface area contributed by atoms with Crippen molar-refractivity contribution in [3.63, 3.8) is 0 Å². The average molecular weight is 458 g/mol. The highest BCUT2D eigenvalue weighted by molar-refractivity contribution is 6.16. The normalized spacial score (nSPS) is 12.6. The van der Waals surface area contributed by atoms with Gasteiger partial charge in [0, 0.05) is 30.9 Å². The largest absolute Gasteiger partial charge is 0.455 e. The molecule has 0 fully saturated rings. The molecule has 5 aromatic rings. The molecule has 0 saturated heterocycles. The Bertz CT molecular complexity index is 1770. The summed E-state index contributed by atoms with van der Waals surface area (Å²) < 4.78 is 9.00. The molecule has 0 radical (unpaired) electrons. The Morgan fingerprint density at radius 2 is 1.66 bits per heavy atom. The summed E-state index contributed by atoms with van der Waals surface area (Å²) in [5.74, 6) is 1.86. The Morgan fingerprint density at radius 1 is 0.886 bits per heavy atom. The van der Waals surface area contributed by atoms with Crippen LogP contribution in [0.5, 0.6) is 11.5 Å². The summed E-state index contributed by atoms with van der Waals surface area (Å²) in [6.07, 6.45) is 2.89. The maximum atomic E-state index is 7.52. The van der Waals surface area contributed by atoms with E-state index in [-0.39, 0.29) is 0 Å². The molecule has 4 aromatic carbocycles. The van der Waals surface area contributed by atoms with E-state index in [1.807, 2.05) is 13.8 Å². The fourth-order valence-corrected chi connectivity index (χ4v) is 5.78. The molecule has 0 unspecified atom stereocenters. The minimum absolute atomic E-state index is 0.413. The molecule has 1 aliphatic heterocycles. The van der Waals surface area contributed by atoms with Crippen LogP contribution >= 0.6 is 0 Å². The fourth-order valence-electron chi connectivity index (χ4n) is 5.78. The lowest BCUT2D eigenvalue weighted by atomic mass is 9.87. The Morgan fingerprint density at radius 3 is 2.43 bits per heavy atom. The summed E-state index contributed by atoms with van der Waals surface area (Å²) in [5.41, 5.74) is 6.87. The molecule has 172 valence electrons. The van der Waals surface area contributed by atoms with E-state index in [9.17, 15) is 0 Å². The van der Waals surface area contributed by atoms with Crippen LogP contribution in [0.15, 0.2) is 54.7 Å². The molecule has 0 aliphatic carbocycles. The van der Waals surface area contributed by atoms with Crippen LogP contribution in [-0.2, 0) is 13.5 Å². The lowest BCUT2D eigenvalue weighted by Gasteiger charge is -2.25. The molecule has 0 amide bonds. The first-order valence-electron chi connectivity index (χ1n) is 12.2. The van der Waals surface area contributed by atoms with Gasteiger partial charge in [-0.05, 0) is 59.5 Å². The number of rotatable bonds is 2. The van der Waals surface area contributed by atoms with Crippen molar-refractivity contribution in [2.75, 3.05) is 0 Å². The summed E-state index contributed by atoms with van der Waals surface area (Å²) in [5, 5.41) is 7.27. The first kappa shape index (κ1) is 21.6. The van der Waals surface area contributed by atoms with E-state index in [0.717, 1.165) is 23.3 Å². The van der Waals surface area contributed by atoms with E-state index in [0.29, 0.717) is 0 Å². The Labute approximate surface area is 206 Å². The predicted octanol–water partition coefficient (Wildman–Crippen LogP) is 7.91. The first-order chi connectivity index (χ1) is 16.7. The average Bonchev–Trinajstić information content (AvgIpc) is 2.83. The zero-order valence-electron chi connectivity index (χ0n) is 21.2. The highest BCUT2D eigenvalue weighted by Crippen LogP contribution is 2.51. The van der Waals surface area contributed by atoms with Gasteiger partial charge in [0.25, 0.3) is 0 Å². The van der Waals surface area contributed by atoms with Gasteiger partial charge in [-0.2, -0.15) is 0 Å². The molecule has 3 nitrogen and oxygen atoms in total. The van der Waals surface area contributed by atoms with Crippen molar-refractivity contribution >= 4 is 32.3 Å². The van der Waals surface area contributed by atoms with E-state index in [2.05, 4.69) is 92.0 Å². The van der Waals surface area contributed by atoms with Gasteiger partial charge in [-0.15, -0.1) is 0 Å². The molecular weight excluding hydrogens is 428 g/mol. The maximum absolute atomic E-state index is 7.52. The van der Waals surface area contributed by atoms with Gasteiger partial charge in [-0.3, -0.25) is 0 Å². The molecule has 2 heterocycles. The van der Waals surface area contributed by atoms with Crippen molar-refractivity contribution in [3.05, 3.63) is 88.4 Å². The number of ether oxygens (including phenoxy) is 1. The van der Waals surface area contributed by atoms with E-state index in [1.165, 1.54) is 60.4 Å². The maximum Gasteiger partial charge on any atom is 0.231 e. The van der Waals surface area contributed by atoms with Crippen LogP contribution in [0, 0.1) is 27.3 Å². The lowest BCUT2D eigenvalue weighted by molar-refractivity contribution is -0.659. The van der Waals surface area contributed by atoms with Crippen molar-refractivity contribution in [2.45, 2.75) is 46.6 Å². The predicted molar refractivity (Wildman–Crippen MR) is 144 cm³/mol. The third-order valence-electron chi connectivity index (χ3n) is 7.58. The quantitative estimate of drug-likeness (QED) is 0.147. The molecule has 0 N–H and O–H groups in total.